The third-order valence-corrected chi connectivity index (χ3v) is 4.20. The molecule has 1 fully saturated rings. The summed E-state index contributed by atoms with van der Waals surface area (Å²) in [5, 5.41) is 4.37. The second kappa shape index (κ2) is 5.67. The average Bonchev–Trinajstić information content (AvgIpc) is 2.95. The summed E-state index contributed by atoms with van der Waals surface area (Å²) in [6.45, 7) is 2.79. The quantitative estimate of drug-likeness (QED) is 0.899. The summed E-state index contributed by atoms with van der Waals surface area (Å²) in [4.78, 5) is 17.7. The number of nitrogens with zero attached hydrogens (tertiary/aromatic N) is 1. The Bertz CT molecular complexity index is 597. The van der Waals surface area contributed by atoms with Crippen molar-refractivity contribution in [3.63, 3.8) is 0 Å². The maximum atomic E-state index is 12.5. The van der Waals surface area contributed by atoms with E-state index in [1.807, 2.05) is 42.4 Å². The lowest BCUT2D eigenvalue weighted by atomic mass is 9.96. The van der Waals surface area contributed by atoms with Gasteiger partial charge in [0.25, 0.3) is 5.91 Å². The Morgan fingerprint density at radius 2 is 2.15 bits per heavy atom. The van der Waals surface area contributed by atoms with E-state index in [1.165, 1.54) is 0 Å². The number of hydrogen-bond acceptors (Lipinski definition) is 2. The van der Waals surface area contributed by atoms with Crippen molar-refractivity contribution in [3.05, 3.63) is 36.0 Å². The molecule has 0 saturated carbocycles. The lowest BCUT2D eigenvalue weighted by molar-refractivity contribution is 0.0691. The van der Waals surface area contributed by atoms with Crippen LogP contribution in [0.5, 0.6) is 0 Å². The molecule has 1 aromatic carbocycles. The molecule has 0 aliphatic carbocycles. The Balaban J connectivity index is 1.69. The minimum atomic E-state index is 0.157. The van der Waals surface area contributed by atoms with Gasteiger partial charge in [-0.05, 0) is 55.9 Å². The molecule has 0 atom stereocenters. The smallest absolute Gasteiger partial charge is 0.253 e. The predicted octanol–water partition coefficient (Wildman–Crippen LogP) is 2.24. The van der Waals surface area contributed by atoms with Crippen LogP contribution in [0.15, 0.2) is 30.5 Å². The van der Waals surface area contributed by atoms with Crippen LogP contribution in [0, 0.1) is 5.92 Å². The minimum Gasteiger partial charge on any atom is -0.361 e. The van der Waals surface area contributed by atoms with E-state index in [9.17, 15) is 4.79 Å². The number of carbonyl (C=O) groups is 1. The zero-order valence-corrected chi connectivity index (χ0v) is 11.9. The van der Waals surface area contributed by atoms with E-state index in [2.05, 4.69) is 10.3 Å². The Hall–Kier alpha value is -1.81. The van der Waals surface area contributed by atoms with Gasteiger partial charge in [0.2, 0.25) is 0 Å². The fourth-order valence-corrected chi connectivity index (χ4v) is 2.99. The molecule has 0 bridgehead atoms. The first-order valence-electron chi connectivity index (χ1n) is 7.29. The second-order valence-corrected chi connectivity index (χ2v) is 5.57. The van der Waals surface area contributed by atoms with Crippen molar-refractivity contribution in [1.29, 1.82) is 0 Å². The van der Waals surface area contributed by atoms with E-state index >= 15 is 0 Å². The number of amides is 1. The number of fused-ring (bicyclic) bond motifs is 1. The molecule has 3 rings (SSSR count). The molecule has 2 N–H and O–H groups in total. The summed E-state index contributed by atoms with van der Waals surface area (Å²) in [7, 11) is 1.99. The summed E-state index contributed by atoms with van der Waals surface area (Å²) in [5.74, 6) is 0.861. The SMILES string of the molecule is CNCC1CCN(C(=O)c2ccc3cc[nH]c3c2)CC1. The minimum absolute atomic E-state index is 0.157. The van der Waals surface area contributed by atoms with Crippen LogP contribution in [0.4, 0.5) is 0 Å². The van der Waals surface area contributed by atoms with Crippen molar-refractivity contribution in [2.24, 2.45) is 5.92 Å². The van der Waals surface area contributed by atoms with Gasteiger partial charge >= 0.3 is 0 Å². The van der Waals surface area contributed by atoms with Crippen LogP contribution in [0.3, 0.4) is 0 Å². The number of piperidine rings is 1. The van der Waals surface area contributed by atoms with Gasteiger partial charge in [-0.25, -0.2) is 0 Å². The van der Waals surface area contributed by atoms with Crippen molar-refractivity contribution >= 4 is 16.8 Å². The van der Waals surface area contributed by atoms with Gasteiger partial charge < -0.3 is 15.2 Å². The van der Waals surface area contributed by atoms with E-state index in [4.69, 9.17) is 0 Å². The topological polar surface area (TPSA) is 48.1 Å². The molecule has 1 aliphatic heterocycles. The van der Waals surface area contributed by atoms with E-state index in [-0.39, 0.29) is 5.91 Å². The summed E-state index contributed by atoms with van der Waals surface area (Å²) in [6.07, 6.45) is 4.09. The van der Waals surface area contributed by atoms with Crippen LogP contribution in [-0.2, 0) is 0 Å². The molecule has 2 heterocycles. The number of nitrogens with one attached hydrogen (secondary N) is 2. The first kappa shape index (κ1) is 13.2. The monoisotopic (exact) mass is 271 g/mol. The van der Waals surface area contributed by atoms with Gasteiger partial charge in [0, 0.05) is 30.4 Å². The summed E-state index contributed by atoms with van der Waals surface area (Å²) in [6, 6.07) is 7.91. The third-order valence-electron chi connectivity index (χ3n) is 4.20. The third kappa shape index (κ3) is 2.56. The Morgan fingerprint density at radius 3 is 2.90 bits per heavy atom. The van der Waals surface area contributed by atoms with Crippen LogP contribution >= 0.6 is 0 Å². The summed E-state index contributed by atoms with van der Waals surface area (Å²) >= 11 is 0. The van der Waals surface area contributed by atoms with Gasteiger partial charge in [0.1, 0.15) is 0 Å². The van der Waals surface area contributed by atoms with Crippen LogP contribution in [0.1, 0.15) is 23.2 Å². The number of hydrogen-bond donors (Lipinski definition) is 2. The Labute approximate surface area is 119 Å². The van der Waals surface area contributed by atoms with Gasteiger partial charge in [0.15, 0.2) is 0 Å². The van der Waals surface area contributed by atoms with Crippen LogP contribution in [-0.4, -0.2) is 42.5 Å². The van der Waals surface area contributed by atoms with Crippen molar-refractivity contribution in [2.75, 3.05) is 26.7 Å². The number of aromatic amines is 1. The number of likely N-dealkylation sites (tertiary alicyclic amines) is 1. The van der Waals surface area contributed by atoms with Crippen LogP contribution in [0.25, 0.3) is 10.9 Å². The fraction of sp³-hybridized carbons (Fsp3) is 0.438. The summed E-state index contributed by atoms with van der Waals surface area (Å²) in [5.41, 5.74) is 1.81. The molecule has 20 heavy (non-hydrogen) atoms. The Kier molecular flexibility index (Phi) is 3.74. The van der Waals surface area contributed by atoms with Crippen LogP contribution < -0.4 is 5.32 Å². The maximum Gasteiger partial charge on any atom is 0.253 e. The highest BCUT2D eigenvalue weighted by atomic mass is 16.2. The van der Waals surface area contributed by atoms with Crippen molar-refractivity contribution in [3.8, 4) is 0 Å². The molecule has 1 amide bonds. The lowest BCUT2D eigenvalue weighted by Crippen LogP contribution is -2.40. The van der Waals surface area contributed by atoms with Gasteiger partial charge in [0.05, 0.1) is 0 Å². The number of carbonyl (C=O) groups excluding carboxylic acids is 1. The molecular formula is C16H21N3O. The molecule has 4 heteroatoms. The molecule has 1 aliphatic rings. The standard InChI is InChI=1S/C16H21N3O/c1-17-11-12-5-8-19(9-6-12)16(20)14-3-2-13-4-7-18-15(13)10-14/h2-4,7,10,12,17-18H,5-6,8-9,11H2,1H3. The van der Waals surface area contributed by atoms with Crippen LogP contribution in [0.2, 0.25) is 0 Å². The van der Waals surface area contributed by atoms with Crippen molar-refractivity contribution in [2.45, 2.75) is 12.8 Å². The molecule has 0 radical (unpaired) electrons. The highest BCUT2D eigenvalue weighted by molar-refractivity contribution is 5.97. The van der Waals surface area contributed by atoms with Gasteiger partial charge in [-0.1, -0.05) is 6.07 Å². The van der Waals surface area contributed by atoms with Gasteiger partial charge in [-0.15, -0.1) is 0 Å². The molecule has 1 saturated heterocycles. The van der Waals surface area contributed by atoms with Gasteiger partial charge in [-0.2, -0.15) is 0 Å². The van der Waals surface area contributed by atoms with Crippen molar-refractivity contribution < 1.29 is 4.79 Å². The fourth-order valence-electron chi connectivity index (χ4n) is 2.99. The van der Waals surface area contributed by atoms with E-state index in [1.54, 1.807) is 0 Å². The van der Waals surface area contributed by atoms with E-state index in [0.717, 1.165) is 48.9 Å². The molecule has 4 nitrogen and oxygen atoms in total. The first-order chi connectivity index (χ1) is 9.78. The molecule has 106 valence electrons. The highest BCUT2D eigenvalue weighted by Crippen LogP contribution is 2.20. The number of benzene rings is 1. The normalized spacial score (nSPS) is 16.8. The maximum absolute atomic E-state index is 12.5. The summed E-state index contributed by atoms with van der Waals surface area (Å²) < 4.78 is 0. The zero-order valence-electron chi connectivity index (χ0n) is 11.9. The average molecular weight is 271 g/mol. The highest BCUT2D eigenvalue weighted by Gasteiger charge is 2.23. The predicted molar refractivity (Wildman–Crippen MR) is 80.9 cm³/mol. The number of aromatic nitrogens is 1. The lowest BCUT2D eigenvalue weighted by Gasteiger charge is -2.32. The second-order valence-electron chi connectivity index (χ2n) is 5.57. The largest absolute Gasteiger partial charge is 0.361 e. The van der Waals surface area contributed by atoms with Gasteiger partial charge in [-0.3, -0.25) is 4.79 Å². The molecule has 1 aromatic heterocycles. The Morgan fingerprint density at radius 1 is 1.35 bits per heavy atom. The zero-order chi connectivity index (χ0) is 13.9. The molecule has 0 spiro atoms. The molecular weight excluding hydrogens is 250 g/mol. The van der Waals surface area contributed by atoms with E-state index in [0.29, 0.717) is 5.92 Å². The molecule has 0 unspecified atom stereocenters. The number of H-pyrrole nitrogens is 1. The molecule has 2 aromatic rings. The van der Waals surface area contributed by atoms with Crippen molar-refractivity contribution in [1.82, 2.24) is 15.2 Å². The first-order valence-corrected chi connectivity index (χ1v) is 7.29. The number of rotatable bonds is 3. The van der Waals surface area contributed by atoms with E-state index < -0.39 is 0 Å².